The van der Waals surface area contributed by atoms with Crippen LogP contribution in [0.15, 0.2) is 63.6 Å². The summed E-state index contributed by atoms with van der Waals surface area (Å²) in [5, 5.41) is 4.06. The molecule has 2 aromatic heterocycles. The lowest BCUT2D eigenvalue weighted by Crippen LogP contribution is -1.97. The van der Waals surface area contributed by atoms with Crippen molar-refractivity contribution in [3.8, 4) is 5.75 Å². The molecule has 0 aliphatic heterocycles. The third-order valence-electron chi connectivity index (χ3n) is 3.22. The average molecular weight is 387 g/mol. The summed E-state index contributed by atoms with van der Waals surface area (Å²) in [6.45, 7) is 0.318. The van der Waals surface area contributed by atoms with Crippen molar-refractivity contribution in [1.82, 2.24) is 9.78 Å². The van der Waals surface area contributed by atoms with E-state index in [9.17, 15) is 4.79 Å². The number of hydrogen-bond acceptors (Lipinski definition) is 4. The van der Waals surface area contributed by atoms with Gasteiger partial charge in [-0.1, -0.05) is 22.0 Å². The largest absolute Gasteiger partial charge is 0.486 e. The Morgan fingerprint density at radius 2 is 2.21 bits per heavy atom. The number of carbonyl (C=O) groups is 1. The van der Waals surface area contributed by atoms with E-state index in [-0.39, 0.29) is 5.78 Å². The molecule has 0 aliphatic rings. The number of furan rings is 1. The second kappa shape index (κ2) is 7.31. The Hall–Kier alpha value is -2.60. The summed E-state index contributed by atoms with van der Waals surface area (Å²) in [6, 6.07) is 12.9. The SMILES string of the molecule is Cn1ccc(C(=O)/C=C/c2ccc(COc3cccc(Br)c3)o2)n1. The van der Waals surface area contributed by atoms with Gasteiger partial charge in [0.05, 0.1) is 0 Å². The van der Waals surface area contributed by atoms with Crippen molar-refractivity contribution in [3.05, 3.63) is 76.4 Å². The van der Waals surface area contributed by atoms with E-state index in [2.05, 4.69) is 21.0 Å². The molecule has 24 heavy (non-hydrogen) atoms. The first-order valence-electron chi connectivity index (χ1n) is 7.29. The van der Waals surface area contributed by atoms with Gasteiger partial charge in [-0.2, -0.15) is 5.10 Å². The van der Waals surface area contributed by atoms with E-state index < -0.39 is 0 Å². The molecule has 2 heterocycles. The highest BCUT2D eigenvalue weighted by Crippen LogP contribution is 2.19. The van der Waals surface area contributed by atoms with Crippen molar-refractivity contribution in [2.24, 2.45) is 7.05 Å². The maximum absolute atomic E-state index is 11.9. The summed E-state index contributed by atoms with van der Waals surface area (Å²) in [5.74, 6) is 1.86. The van der Waals surface area contributed by atoms with Crippen LogP contribution in [-0.4, -0.2) is 15.6 Å². The van der Waals surface area contributed by atoms with Crippen LogP contribution >= 0.6 is 15.9 Å². The van der Waals surface area contributed by atoms with Gasteiger partial charge >= 0.3 is 0 Å². The fourth-order valence-electron chi connectivity index (χ4n) is 2.06. The molecule has 3 rings (SSSR count). The van der Waals surface area contributed by atoms with E-state index >= 15 is 0 Å². The van der Waals surface area contributed by atoms with E-state index in [4.69, 9.17) is 9.15 Å². The third kappa shape index (κ3) is 4.23. The second-order valence-corrected chi connectivity index (χ2v) is 6.04. The lowest BCUT2D eigenvalue weighted by Gasteiger charge is -2.03. The molecule has 5 nitrogen and oxygen atoms in total. The number of aromatic nitrogens is 2. The highest BCUT2D eigenvalue weighted by molar-refractivity contribution is 9.10. The lowest BCUT2D eigenvalue weighted by atomic mass is 10.2. The molecule has 0 fully saturated rings. The molecule has 0 aliphatic carbocycles. The third-order valence-corrected chi connectivity index (χ3v) is 3.72. The first-order chi connectivity index (χ1) is 11.6. The minimum absolute atomic E-state index is 0.168. The first-order valence-corrected chi connectivity index (χ1v) is 8.08. The summed E-state index contributed by atoms with van der Waals surface area (Å²) in [4.78, 5) is 11.9. The minimum atomic E-state index is -0.168. The van der Waals surface area contributed by atoms with Gasteiger partial charge in [0.15, 0.2) is 0 Å². The summed E-state index contributed by atoms with van der Waals surface area (Å²) in [5.41, 5.74) is 0.401. The van der Waals surface area contributed by atoms with Crippen molar-refractivity contribution in [2.45, 2.75) is 6.61 Å². The fraction of sp³-hybridized carbons (Fsp3) is 0.111. The first kappa shape index (κ1) is 16.3. The molecule has 0 N–H and O–H groups in total. The number of halogens is 1. The Morgan fingerprint density at radius 1 is 1.33 bits per heavy atom. The van der Waals surface area contributed by atoms with Crippen LogP contribution in [0.5, 0.6) is 5.75 Å². The maximum Gasteiger partial charge on any atom is 0.206 e. The van der Waals surface area contributed by atoms with Crippen molar-refractivity contribution in [2.75, 3.05) is 0 Å². The van der Waals surface area contributed by atoms with Crippen LogP contribution in [0.2, 0.25) is 0 Å². The Bertz CT molecular complexity index is 880. The van der Waals surface area contributed by atoms with Gasteiger partial charge in [-0.3, -0.25) is 9.48 Å². The molecular formula is C18H15BrN2O3. The van der Waals surface area contributed by atoms with E-state index in [0.717, 1.165) is 10.2 Å². The summed E-state index contributed by atoms with van der Waals surface area (Å²) >= 11 is 3.40. The van der Waals surface area contributed by atoms with E-state index in [0.29, 0.717) is 23.8 Å². The summed E-state index contributed by atoms with van der Waals surface area (Å²) in [7, 11) is 1.77. The van der Waals surface area contributed by atoms with Crippen molar-refractivity contribution in [1.29, 1.82) is 0 Å². The number of allylic oxidation sites excluding steroid dienone is 1. The summed E-state index contributed by atoms with van der Waals surface area (Å²) < 4.78 is 13.8. The summed E-state index contributed by atoms with van der Waals surface area (Å²) in [6.07, 6.45) is 4.80. The number of nitrogens with zero attached hydrogens (tertiary/aromatic N) is 2. The van der Waals surface area contributed by atoms with Crippen molar-refractivity contribution < 1.29 is 13.9 Å². The Labute approximate surface area is 147 Å². The van der Waals surface area contributed by atoms with Gasteiger partial charge in [0, 0.05) is 17.7 Å². The van der Waals surface area contributed by atoms with Crippen molar-refractivity contribution >= 4 is 27.8 Å². The maximum atomic E-state index is 11.9. The van der Waals surface area contributed by atoms with Crippen LogP contribution in [0.25, 0.3) is 6.08 Å². The zero-order valence-corrected chi connectivity index (χ0v) is 14.6. The predicted octanol–water partition coefficient (Wildman–Crippen LogP) is 4.25. The van der Waals surface area contributed by atoms with Crippen LogP contribution in [-0.2, 0) is 13.7 Å². The molecule has 0 saturated carbocycles. The highest BCUT2D eigenvalue weighted by atomic mass is 79.9. The molecule has 6 heteroatoms. The lowest BCUT2D eigenvalue weighted by molar-refractivity contribution is 0.104. The van der Waals surface area contributed by atoms with Crippen LogP contribution in [0.3, 0.4) is 0 Å². The van der Waals surface area contributed by atoms with Gasteiger partial charge in [0.25, 0.3) is 0 Å². The van der Waals surface area contributed by atoms with Crippen LogP contribution in [0.1, 0.15) is 22.0 Å². The second-order valence-electron chi connectivity index (χ2n) is 5.12. The molecule has 0 unspecified atom stereocenters. The van der Waals surface area contributed by atoms with Crippen molar-refractivity contribution in [3.63, 3.8) is 0 Å². The number of ether oxygens (including phenoxy) is 1. The van der Waals surface area contributed by atoms with Gasteiger partial charge in [-0.25, -0.2) is 0 Å². The molecule has 0 radical (unpaired) electrons. The molecule has 0 bridgehead atoms. The Kier molecular flexibility index (Phi) is 4.96. The van der Waals surface area contributed by atoms with Gasteiger partial charge in [-0.05, 0) is 48.6 Å². The number of rotatable bonds is 6. The molecule has 0 amide bonds. The fourth-order valence-corrected chi connectivity index (χ4v) is 2.44. The van der Waals surface area contributed by atoms with Gasteiger partial charge in [-0.15, -0.1) is 0 Å². The number of aryl methyl sites for hydroxylation is 1. The minimum Gasteiger partial charge on any atom is -0.486 e. The van der Waals surface area contributed by atoms with Gasteiger partial charge in [0.1, 0.15) is 29.6 Å². The number of hydrogen-bond donors (Lipinski definition) is 0. The highest BCUT2D eigenvalue weighted by Gasteiger charge is 2.06. The number of benzene rings is 1. The molecular weight excluding hydrogens is 372 g/mol. The zero-order chi connectivity index (χ0) is 16.9. The van der Waals surface area contributed by atoms with Gasteiger partial charge < -0.3 is 9.15 Å². The van der Waals surface area contributed by atoms with E-state index in [1.807, 2.05) is 30.3 Å². The molecule has 0 spiro atoms. The standard InChI is InChI=1S/C18H15BrN2O3/c1-21-10-9-17(20-21)18(22)8-7-14-5-6-16(24-14)12-23-15-4-2-3-13(19)11-15/h2-11H,12H2,1H3/b8-7+. The smallest absolute Gasteiger partial charge is 0.206 e. The van der Waals surface area contributed by atoms with E-state index in [1.54, 1.807) is 36.1 Å². The Balaban J connectivity index is 1.59. The van der Waals surface area contributed by atoms with Gasteiger partial charge in [0.2, 0.25) is 5.78 Å². The van der Waals surface area contributed by atoms with Crippen LogP contribution in [0.4, 0.5) is 0 Å². The molecule has 0 saturated heterocycles. The molecule has 122 valence electrons. The normalized spacial score (nSPS) is 11.1. The van der Waals surface area contributed by atoms with Crippen LogP contribution in [0, 0.1) is 0 Å². The zero-order valence-electron chi connectivity index (χ0n) is 13.0. The average Bonchev–Trinajstić information content (AvgIpc) is 3.20. The number of ketones is 1. The monoisotopic (exact) mass is 386 g/mol. The molecule has 0 atom stereocenters. The molecule has 1 aromatic carbocycles. The quantitative estimate of drug-likeness (QED) is 0.469. The Morgan fingerprint density at radius 3 is 2.96 bits per heavy atom. The molecule has 3 aromatic rings. The number of carbonyl (C=O) groups excluding carboxylic acids is 1. The van der Waals surface area contributed by atoms with E-state index in [1.165, 1.54) is 6.08 Å². The predicted molar refractivity (Wildman–Crippen MR) is 93.8 cm³/mol. The van der Waals surface area contributed by atoms with Crippen LogP contribution < -0.4 is 4.74 Å². The topological polar surface area (TPSA) is 57.3 Å².